The smallest absolute Gasteiger partial charge is 0.133 e. The first-order valence-electron chi connectivity index (χ1n) is 3.80. The summed E-state index contributed by atoms with van der Waals surface area (Å²) < 4.78 is 0. The van der Waals surface area contributed by atoms with Crippen molar-refractivity contribution in [2.75, 3.05) is 26.3 Å². The molecule has 0 bridgehead atoms. The fraction of sp³-hybridized carbons (Fsp3) is 0.857. The molecule has 0 aromatic carbocycles. The van der Waals surface area contributed by atoms with Crippen LogP contribution in [-0.4, -0.2) is 37.5 Å². The van der Waals surface area contributed by atoms with E-state index in [2.05, 4.69) is 10.2 Å². The summed E-state index contributed by atoms with van der Waals surface area (Å²) in [4.78, 5) is 12.2. The van der Waals surface area contributed by atoms with Crippen LogP contribution in [0, 0.1) is 0 Å². The predicted octanol–water partition coefficient (Wildman–Crippen LogP) is -0.172. The van der Waals surface area contributed by atoms with Crippen molar-refractivity contribution in [1.29, 1.82) is 0 Å². The van der Waals surface area contributed by atoms with Gasteiger partial charge in [-0.1, -0.05) is 0 Å². The number of likely N-dealkylation sites (tertiary alicyclic amines) is 1. The molecule has 0 atom stereocenters. The highest BCUT2D eigenvalue weighted by atomic mass is 16.1. The first kappa shape index (κ1) is 7.69. The van der Waals surface area contributed by atoms with Crippen LogP contribution in [0.5, 0.6) is 0 Å². The van der Waals surface area contributed by atoms with E-state index in [0.29, 0.717) is 6.54 Å². The minimum atomic E-state index is 0.483. The van der Waals surface area contributed by atoms with Crippen molar-refractivity contribution in [1.82, 2.24) is 10.2 Å². The van der Waals surface area contributed by atoms with Crippen LogP contribution in [0.25, 0.3) is 0 Å². The second-order valence-electron chi connectivity index (χ2n) is 2.60. The quantitative estimate of drug-likeness (QED) is 0.437. The molecule has 0 amide bonds. The first-order valence-corrected chi connectivity index (χ1v) is 3.80. The van der Waals surface area contributed by atoms with Gasteiger partial charge in [0, 0.05) is 6.67 Å². The highest BCUT2D eigenvalue weighted by Crippen LogP contribution is 2.04. The van der Waals surface area contributed by atoms with Crippen LogP contribution in [0.2, 0.25) is 0 Å². The first-order chi connectivity index (χ1) is 4.93. The molecule has 1 aliphatic rings. The lowest BCUT2D eigenvalue weighted by atomic mass is 10.4. The number of nitrogens with zero attached hydrogens (tertiary/aromatic N) is 1. The second kappa shape index (κ2) is 4.41. The highest BCUT2D eigenvalue weighted by Gasteiger charge is 2.09. The number of rotatable bonds is 4. The summed E-state index contributed by atoms with van der Waals surface area (Å²) in [5.41, 5.74) is 0. The maximum Gasteiger partial charge on any atom is 0.133 e. The standard InChI is InChI=1S/C7H14N2O/c10-6-3-8-7-9-4-1-2-5-9/h6,8H,1-5,7H2. The van der Waals surface area contributed by atoms with E-state index in [1.165, 1.54) is 25.9 Å². The van der Waals surface area contributed by atoms with Gasteiger partial charge in [0.25, 0.3) is 0 Å². The highest BCUT2D eigenvalue weighted by molar-refractivity contribution is 5.51. The van der Waals surface area contributed by atoms with Crippen molar-refractivity contribution in [2.45, 2.75) is 12.8 Å². The third kappa shape index (κ3) is 2.45. The van der Waals surface area contributed by atoms with Gasteiger partial charge in [0.15, 0.2) is 0 Å². The van der Waals surface area contributed by atoms with E-state index in [4.69, 9.17) is 0 Å². The molecule has 0 aromatic rings. The van der Waals surface area contributed by atoms with E-state index < -0.39 is 0 Å². The van der Waals surface area contributed by atoms with Gasteiger partial charge in [-0.15, -0.1) is 0 Å². The van der Waals surface area contributed by atoms with Crippen molar-refractivity contribution < 1.29 is 4.79 Å². The number of hydrogen-bond acceptors (Lipinski definition) is 3. The Balaban J connectivity index is 1.96. The molecule has 1 heterocycles. The molecule has 0 radical (unpaired) electrons. The van der Waals surface area contributed by atoms with Crippen LogP contribution in [-0.2, 0) is 4.79 Å². The lowest BCUT2D eigenvalue weighted by Gasteiger charge is -2.13. The van der Waals surface area contributed by atoms with Crippen LogP contribution in [0.1, 0.15) is 12.8 Å². The maximum absolute atomic E-state index is 9.90. The van der Waals surface area contributed by atoms with Gasteiger partial charge in [-0.25, -0.2) is 0 Å². The van der Waals surface area contributed by atoms with Crippen LogP contribution in [0.4, 0.5) is 0 Å². The Hall–Kier alpha value is -0.410. The van der Waals surface area contributed by atoms with E-state index in [9.17, 15) is 4.79 Å². The minimum Gasteiger partial charge on any atom is -0.302 e. The Kier molecular flexibility index (Phi) is 3.40. The summed E-state index contributed by atoms with van der Waals surface area (Å²) in [5.74, 6) is 0. The van der Waals surface area contributed by atoms with Crippen LogP contribution >= 0.6 is 0 Å². The molecule has 10 heavy (non-hydrogen) atoms. The normalized spacial score (nSPS) is 19.6. The maximum atomic E-state index is 9.90. The molecule has 0 unspecified atom stereocenters. The molecule has 1 fully saturated rings. The molecule has 0 saturated carbocycles. The number of nitrogens with one attached hydrogen (secondary N) is 1. The predicted molar refractivity (Wildman–Crippen MR) is 39.7 cm³/mol. The monoisotopic (exact) mass is 142 g/mol. The average Bonchev–Trinajstić information content (AvgIpc) is 2.41. The van der Waals surface area contributed by atoms with Gasteiger partial charge in [0.1, 0.15) is 6.29 Å². The largest absolute Gasteiger partial charge is 0.302 e. The van der Waals surface area contributed by atoms with E-state index in [1.54, 1.807) is 0 Å². The summed E-state index contributed by atoms with van der Waals surface area (Å²) in [6.07, 6.45) is 3.52. The Bertz CT molecular complexity index is 99.8. The third-order valence-corrected chi connectivity index (χ3v) is 1.76. The zero-order chi connectivity index (χ0) is 7.23. The van der Waals surface area contributed by atoms with Crippen LogP contribution in [0.15, 0.2) is 0 Å². The van der Waals surface area contributed by atoms with Crippen molar-refractivity contribution in [3.63, 3.8) is 0 Å². The van der Waals surface area contributed by atoms with Crippen LogP contribution < -0.4 is 5.32 Å². The third-order valence-electron chi connectivity index (χ3n) is 1.76. The van der Waals surface area contributed by atoms with E-state index >= 15 is 0 Å². The lowest BCUT2D eigenvalue weighted by molar-refractivity contribution is -0.107. The summed E-state index contributed by atoms with van der Waals surface area (Å²) in [6.45, 7) is 3.73. The Morgan fingerprint density at radius 2 is 2.10 bits per heavy atom. The second-order valence-corrected chi connectivity index (χ2v) is 2.60. The molecular formula is C7H14N2O. The molecule has 58 valence electrons. The number of carbonyl (C=O) groups is 1. The van der Waals surface area contributed by atoms with Gasteiger partial charge in [-0.05, 0) is 25.9 Å². The fourth-order valence-corrected chi connectivity index (χ4v) is 1.22. The molecule has 0 aromatic heterocycles. The van der Waals surface area contributed by atoms with Gasteiger partial charge < -0.3 is 4.79 Å². The molecule has 1 saturated heterocycles. The molecule has 1 N–H and O–H groups in total. The zero-order valence-electron chi connectivity index (χ0n) is 6.18. The molecule has 1 aliphatic heterocycles. The summed E-state index contributed by atoms with van der Waals surface area (Å²) in [6, 6.07) is 0. The molecular weight excluding hydrogens is 128 g/mol. The van der Waals surface area contributed by atoms with Crippen LogP contribution in [0.3, 0.4) is 0 Å². The van der Waals surface area contributed by atoms with Gasteiger partial charge >= 0.3 is 0 Å². The van der Waals surface area contributed by atoms with E-state index in [0.717, 1.165) is 13.0 Å². The molecule has 3 nitrogen and oxygen atoms in total. The SMILES string of the molecule is O=CCNCN1CCCC1. The lowest BCUT2D eigenvalue weighted by Crippen LogP contribution is -2.32. The van der Waals surface area contributed by atoms with Gasteiger partial charge in [-0.2, -0.15) is 0 Å². The van der Waals surface area contributed by atoms with E-state index in [1.807, 2.05) is 0 Å². The number of aldehydes is 1. The van der Waals surface area contributed by atoms with E-state index in [-0.39, 0.29) is 0 Å². The Labute approximate surface area is 61.4 Å². The van der Waals surface area contributed by atoms with Crippen molar-refractivity contribution >= 4 is 6.29 Å². The minimum absolute atomic E-state index is 0.483. The van der Waals surface area contributed by atoms with Crippen molar-refractivity contribution in [2.24, 2.45) is 0 Å². The Morgan fingerprint density at radius 1 is 1.40 bits per heavy atom. The van der Waals surface area contributed by atoms with Gasteiger partial charge in [0.2, 0.25) is 0 Å². The number of carbonyl (C=O) groups excluding carboxylic acids is 1. The topological polar surface area (TPSA) is 32.3 Å². The van der Waals surface area contributed by atoms with Gasteiger partial charge in [-0.3, -0.25) is 10.2 Å². The molecule has 0 spiro atoms. The summed E-state index contributed by atoms with van der Waals surface area (Å²) in [5, 5.41) is 3.03. The summed E-state index contributed by atoms with van der Waals surface area (Å²) in [7, 11) is 0. The average molecular weight is 142 g/mol. The zero-order valence-corrected chi connectivity index (χ0v) is 6.18. The molecule has 1 rings (SSSR count). The van der Waals surface area contributed by atoms with Crippen molar-refractivity contribution in [3.05, 3.63) is 0 Å². The summed E-state index contributed by atoms with van der Waals surface area (Å²) >= 11 is 0. The Morgan fingerprint density at radius 3 is 2.70 bits per heavy atom. The van der Waals surface area contributed by atoms with Crippen molar-refractivity contribution in [3.8, 4) is 0 Å². The van der Waals surface area contributed by atoms with Gasteiger partial charge in [0.05, 0.1) is 6.54 Å². The fourth-order valence-electron chi connectivity index (χ4n) is 1.22. The molecule has 0 aliphatic carbocycles. The molecule has 3 heteroatoms. The number of hydrogen-bond donors (Lipinski definition) is 1.